The van der Waals surface area contributed by atoms with E-state index < -0.39 is 0 Å². The summed E-state index contributed by atoms with van der Waals surface area (Å²) < 4.78 is 7.53. The van der Waals surface area contributed by atoms with Crippen LogP contribution in [0, 0.1) is 0 Å². The van der Waals surface area contributed by atoms with Gasteiger partial charge >= 0.3 is 6.01 Å². The molecular weight excluding hydrogens is 416 g/mol. The Bertz CT molecular complexity index is 1270. The molecule has 8 nitrogen and oxygen atoms in total. The largest absolute Gasteiger partial charge is 0.459 e. The van der Waals surface area contributed by atoms with Gasteiger partial charge in [0.25, 0.3) is 5.91 Å². The van der Waals surface area contributed by atoms with Gasteiger partial charge in [-0.05, 0) is 29.2 Å². The summed E-state index contributed by atoms with van der Waals surface area (Å²) in [5.74, 6) is 0.332. The van der Waals surface area contributed by atoms with Gasteiger partial charge in [-0.25, -0.2) is 9.97 Å². The predicted molar refractivity (Wildman–Crippen MR) is 124 cm³/mol. The average molecular weight is 441 g/mol. The van der Waals surface area contributed by atoms with E-state index >= 15 is 0 Å². The lowest BCUT2D eigenvalue weighted by atomic mass is 10.0. The van der Waals surface area contributed by atoms with Crippen LogP contribution in [0.5, 0.6) is 6.01 Å². The van der Waals surface area contributed by atoms with Gasteiger partial charge in [0.15, 0.2) is 0 Å². The Morgan fingerprint density at radius 1 is 1.03 bits per heavy atom. The van der Waals surface area contributed by atoms with E-state index in [-0.39, 0.29) is 11.9 Å². The van der Waals surface area contributed by atoms with Crippen LogP contribution in [0.15, 0.2) is 61.2 Å². The zero-order valence-corrected chi connectivity index (χ0v) is 18.5. The molecule has 0 aliphatic carbocycles. The number of benzene rings is 1. The molecule has 166 valence electrons. The number of aromatic nitrogens is 5. The van der Waals surface area contributed by atoms with E-state index in [1.165, 1.54) is 5.56 Å². The van der Waals surface area contributed by atoms with Crippen LogP contribution in [0.3, 0.4) is 0 Å². The average Bonchev–Trinajstić information content (AvgIpc) is 3.25. The van der Waals surface area contributed by atoms with E-state index in [2.05, 4.69) is 58.4 Å². The molecule has 4 aromatic rings. The van der Waals surface area contributed by atoms with Crippen LogP contribution in [-0.2, 0) is 13.2 Å². The number of hydrogen-bond acceptors (Lipinski definition) is 6. The van der Waals surface area contributed by atoms with Crippen molar-refractivity contribution in [1.29, 1.82) is 0 Å². The molecule has 1 amide bonds. The number of ether oxygens (including phenoxy) is 1. The molecule has 1 aliphatic heterocycles. The highest BCUT2D eigenvalue weighted by Crippen LogP contribution is 2.35. The number of carbonyl (C=O) groups excluding carboxylic acids is 1. The van der Waals surface area contributed by atoms with Crippen molar-refractivity contribution in [3.63, 3.8) is 0 Å². The predicted octanol–water partition coefficient (Wildman–Crippen LogP) is 3.85. The molecule has 1 N–H and O–H groups in total. The molecule has 4 heterocycles. The lowest BCUT2D eigenvalue weighted by Gasteiger charge is -2.15. The topological polar surface area (TPSA) is 94.8 Å². The van der Waals surface area contributed by atoms with Crippen molar-refractivity contribution in [2.24, 2.45) is 0 Å². The Morgan fingerprint density at radius 2 is 1.76 bits per heavy atom. The maximum absolute atomic E-state index is 12.7. The van der Waals surface area contributed by atoms with Crippen LogP contribution in [-0.4, -0.2) is 37.2 Å². The second kappa shape index (κ2) is 8.82. The summed E-state index contributed by atoms with van der Waals surface area (Å²) in [6.07, 6.45) is 6.76. The Labute approximate surface area is 191 Å². The minimum absolute atomic E-state index is 0.158. The molecule has 0 atom stereocenters. The molecule has 1 aromatic carbocycles. The van der Waals surface area contributed by atoms with Gasteiger partial charge in [0, 0.05) is 48.0 Å². The highest BCUT2D eigenvalue weighted by Gasteiger charge is 2.28. The zero-order valence-electron chi connectivity index (χ0n) is 18.5. The first-order chi connectivity index (χ1) is 16.1. The molecule has 0 saturated heterocycles. The Kier molecular flexibility index (Phi) is 5.56. The van der Waals surface area contributed by atoms with Gasteiger partial charge in [-0.1, -0.05) is 38.1 Å². The highest BCUT2D eigenvalue weighted by molar-refractivity contribution is 6.03. The summed E-state index contributed by atoms with van der Waals surface area (Å²) in [4.78, 5) is 25.5. The summed E-state index contributed by atoms with van der Waals surface area (Å²) >= 11 is 0. The number of nitrogens with one attached hydrogen (secondary N) is 1. The van der Waals surface area contributed by atoms with Crippen LogP contribution in [0.4, 0.5) is 0 Å². The van der Waals surface area contributed by atoms with Crippen molar-refractivity contribution in [1.82, 2.24) is 30.0 Å². The molecule has 8 heteroatoms. The Hall–Kier alpha value is -4.07. The molecular formula is C25H24N6O2. The van der Waals surface area contributed by atoms with Crippen LogP contribution in [0.2, 0.25) is 0 Å². The first kappa shape index (κ1) is 20.8. The molecule has 0 bridgehead atoms. The van der Waals surface area contributed by atoms with E-state index in [0.717, 1.165) is 11.1 Å². The molecule has 5 rings (SSSR count). The summed E-state index contributed by atoms with van der Waals surface area (Å²) in [6.45, 7) is 5.87. The fourth-order valence-electron chi connectivity index (χ4n) is 3.87. The van der Waals surface area contributed by atoms with Gasteiger partial charge in [-0.15, -0.1) is 0 Å². The first-order valence-electron chi connectivity index (χ1n) is 10.9. The fourth-order valence-corrected chi connectivity index (χ4v) is 3.87. The molecule has 1 aliphatic rings. The van der Waals surface area contributed by atoms with Gasteiger partial charge in [0.05, 0.1) is 6.54 Å². The number of hydrogen-bond donors (Lipinski definition) is 1. The molecule has 0 unspecified atom stereocenters. The molecule has 0 fully saturated rings. The Balaban J connectivity index is 1.42. The minimum Gasteiger partial charge on any atom is -0.459 e. The second-order valence-electron chi connectivity index (χ2n) is 8.23. The van der Waals surface area contributed by atoms with E-state index in [4.69, 9.17) is 9.84 Å². The second-order valence-corrected chi connectivity index (χ2v) is 8.23. The van der Waals surface area contributed by atoms with Crippen molar-refractivity contribution in [3.8, 4) is 28.4 Å². The number of pyridine rings is 1. The smallest absolute Gasteiger partial charge is 0.316 e. The molecule has 3 aromatic heterocycles. The third kappa shape index (κ3) is 4.19. The lowest BCUT2D eigenvalue weighted by molar-refractivity contribution is 0.0925. The van der Waals surface area contributed by atoms with E-state index in [1.807, 2.05) is 12.1 Å². The maximum Gasteiger partial charge on any atom is 0.316 e. The van der Waals surface area contributed by atoms with Gasteiger partial charge in [-0.2, -0.15) is 5.10 Å². The highest BCUT2D eigenvalue weighted by atomic mass is 16.5. The van der Waals surface area contributed by atoms with Gasteiger partial charge < -0.3 is 10.1 Å². The summed E-state index contributed by atoms with van der Waals surface area (Å²) in [6, 6.07) is 12.4. The maximum atomic E-state index is 12.7. The monoisotopic (exact) mass is 440 g/mol. The normalized spacial score (nSPS) is 13.0. The van der Waals surface area contributed by atoms with Crippen LogP contribution in [0.25, 0.3) is 22.4 Å². The molecule has 0 spiro atoms. The molecule has 33 heavy (non-hydrogen) atoms. The van der Waals surface area contributed by atoms with E-state index in [1.54, 1.807) is 29.5 Å². The third-order valence-corrected chi connectivity index (χ3v) is 5.66. The van der Waals surface area contributed by atoms with Crippen LogP contribution >= 0.6 is 0 Å². The Morgan fingerprint density at radius 3 is 2.45 bits per heavy atom. The van der Waals surface area contributed by atoms with Gasteiger partial charge in [-0.3, -0.25) is 14.5 Å². The number of carbonyl (C=O) groups is 1. The van der Waals surface area contributed by atoms with Crippen molar-refractivity contribution in [3.05, 3.63) is 78.0 Å². The van der Waals surface area contributed by atoms with Gasteiger partial charge in [0.2, 0.25) is 0 Å². The molecule has 0 saturated carbocycles. The number of nitrogens with zero attached hydrogens (tertiary/aromatic N) is 5. The van der Waals surface area contributed by atoms with Crippen LogP contribution < -0.4 is 10.1 Å². The number of fused-ring (bicyclic) bond motifs is 1. The van der Waals surface area contributed by atoms with Crippen LogP contribution in [0.1, 0.15) is 41.4 Å². The quantitative estimate of drug-likeness (QED) is 0.489. The fraction of sp³-hybridized carbons (Fsp3) is 0.240. The minimum atomic E-state index is -0.158. The number of rotatable bonds is 6. The summed E-state index contributed by atoms with van der Waals surface area (Å²) in [5.41, 5.74) is 5.83. The lowest BCUT2D eigenvalue weighted by Crippen LogP contribution is -2.35. The van der Waals surface area contributed by atoms with Crippen molar-refractivity contribution >= 4 is 5.91 Å². The SMILES string of the molecule is CC(C)c1ccc(COc2ncc(-c3c(-c4ccncc4)nn4c3C(=O)NCC4)cn2)cc1. The molecule has 0 radical (unpaired) electrons. The number of amides is 1. The van der Waals surface area contributed by atoms with E-state index in [0.29, 0.717) is 48.1 Å². The zero-order chi connectivity index (χ0) is 22.8. The summed E-state index contributed by atoms with van der Waals surface area (Å²) in [7, 11) is 0. The van der Waals surface area contributed by atoms with Crippen molar-refractivity contribution in [2.75, 3.05) is 6.54 Å². The van der Waals surface area contributed by atoms with Gasteiger partial charge in [0.1, 0.15) is 18.0 Å². The van der Waals surface area contributed by atoms with Crippen molar-refractivity contribution < 1.29 is 9.53 Å². The first-order valence-corrected chi connectivity index (χ1v) is 10.9. The van der Waals surface area contributed by atoms with Crippen molar-refractivity contribution in [2.45, 2.75) is 32.9 Å². The third-order valence-electron chi connectivity index (χ3n) is 5.66. The standard InChI is InChI=1S/C25H24N6O2/c1-16(2)18-5-3-17(4-6-18)15-33-25-28-13-20(14-29-25)21-22(19-7-9-26-10-8-19)30-31-12-11-27-24(32)23(21)31/h3-10,13-14,16H,11-12,15H2,1-2H3,(H,27,32). The summed E-state index contributed by atoms with van der Waals surface area (Å²) in [5, 5.41) is 7.60. The van der Waals surface area contributed by atoms with E-state index in [9.17, 15) is 4.79 Å².